The first-order valence-corrected chi connectivity index (χ1v) is 6.13. The van der Waals surface area contributed by atoms with E-state index < -0.39 is 11.2 Å². The van der Waals surface area contributed by atoms with Crippen LogP contribution in [-0.4, -0.2) is 19.1 Å². The molecule has 2 aromatic rings. The summed E-state index contributed by atoms with van der Waals surface area (Å²) in [5, 5.41) is 0. The van der Waals surface area contributed by atoms with Crippen molar-refractivity contribution < 1.29 is 0 Å². The molecule has 2 rings (SSSR count). The zero-order valence-corrected chi connectivity index (χ0v) is 11.4. The lowest BCUT2D eigenvalue weighted by atomic mass is 10.2. The van der Waals surface area contributed by atoms with Crippen LogP contribution < -0.4 is 11.2 Å². The molecule has 1 N–H and O–H groups in total. The molecule has 0 fully saturated rings. The van der Waals surface area contributed by atoms with E-state index in [4.69, 9.17) is 0 Å². The van der Waals surface area contributed by atoms with Crippen molar-refractivity contribution in [3.63, 3.8) is 0 Å². The number of nitrogens with zero attached hydrogens (tertiary/aromatic N) is 3. The van der Waals surface area contributed by atoms with Crippen molar-refractivity contribution >= 4 is 27.1 Å². The number of hydrogen-bond donors (Lipinski definition) is 1. The Morgan fingerprint density at radius 3 is 2.71 bits per heavy atom. The first-order valence-electron chi connectivity index (χ1n) is 5.34. The molecule has 0 bridgehead atoms. The van der Waals surface area contributed by atoms with Gasteiger partial charge in [-0.05, 0) is 29.3 Å². The van der Waals surface area contributed by atoms with Gasteiger partial charge in [0.1, 0.15) is 0 Å². The van der Waals surface area contributed by atoms with E-state index in [9.17, 15) is 9.59 Å². The molecule has 0 spiro atoms. The van der Waals surface area contributed by atoms with Crippen molar-refractivity contribution in [1.82, 2.24) is 19.1 Å². The fraction of sp³-hybridized carbons (Fsp3) is 0.500. The molecule has 7 heteroatoms. The Morgan fingerprint density at radius 1 is 1.47 bits per heavy atom. The third-order valence-electron chi connectivity index (χ3n) is 2.94. The second-order valence-corrected chi connectivity index (χ2v) is 4.71. The Kier molecular flexibility index (Phi) is 2.94. The molecule has 2 aromatic heterocycles. The summed E-state index contributed by atoms with van der Waals surface area (Å²) in [6.07, 6.45) is 0.867. The Labute approximate surface area is 105 Å². The lowest BCUT2D eigenvalue weighted by molar-refractivity contribution is 0.533. The standard InChI is InChI=1S/C10H13BrN4O2/c1-4-5(2)15-6-7(12-9(15)11)14(3)10(17)13-8(6)16/h5H,4H2,1-3H3,(H,13,16,17)/t5-/m0/s1. The van der Waals surface area contributed by atoms with Crippen molar-refractivity contribution in [2.45, 2.75) is 26.3 Å². The lowest BCUT2D eigenvalue weighted by Crippen LogP contribution is -2.29. The van der Waals surface area contributed by atoms with Crippen LogP contribution in [-0.2, 0) is 7.05 Å². The van der Waals surface area contributed by atoms with Gasteiger partial charge in [0.25, 0.3) is 5.56 Å². The highest BCUT2D eigenvalue weighted by Gasteiger charge is 2.18. The molecule has 92 valence electrons. The van der Waals surface area contributed by atoms with Gasteiger partial charge in [-0.1, -0.05) is 6.92 Å². The van der Waals surface area contributed by atoms with Gasteiger partial charge in [-0.2, -0.15) is 0 Å². The molecule has 0 unspecified atom stereocenters. The zero-order chi connectivity index (χ0) is 12.7. The van der Waals surface area contributed by atoms with Crippen LogP contribution in [0.15, 0.2) is 14.3 Å². The van der Waals surface area contributed by atoms with Gasteiger partial charge in [-0.25, -0.2) is 9.78 Å². The number of halogens is 1. The number of H-pyrrole nitrogens is 1. The fourth-order valence-electron chi connectivity index (χ4n) is 1.76. The van der Waals surface area contributed by atoms with E-state index in [1.165, 1.54) is 4.57 Å². The molecule has 0 aliphatic rings. The van der Waals surface area contributed by atoms with Crippen molar-refractivity contribution in [2.24, 2.45) is 7.05 Å². The number of aryl methyl sites for hydroxylation is 1. The molecule has 0 saturated carbocycles. The molecular weight excluding hydrogens is 288 g/mol. The molecule has 17 heavy (non-hydrogen) atoms. The van der Waals surface area contributed by atoms with Crippen LogP contribution in [0, 0.1) is 0 Å². The number of fused-ring (bicyclic) bond motifs is 1. The van der Waals surface area contributed by atoms with Crippen molar-refractivity contribution in [2.75, 3.05) is 0 Å². The molecule has 0 amide bonds. The summed E-state index contributed by atoms with van der Waals surface area (Å²) >= 11 is 3.33. The number of nitrogens with one attached hydrogen (secondary N) is 1. The molecule has 0 radical (unpaired) electrons. The van der Waals surface area contributed by atoms with Gasteiger partial charge in [0.05, 0.1) is 0 Å². The van der Waals surface area contributed by atoms with Crippen LogP contribution in [0.3, 0.4) is 0 Å². The quantitative estimate of drug-likeness (QED) is 0.846. The highest BCUT2D eigenvalue weighted by atomic mass is 79.9. The smallest absolute Gasteiger partial charge is 0.310 e. The number of hydrogen-bond acceptors (Lipinski definition) is 3. The zero-order valence-electron chi connectivity index (χ0n) is 9.82. The van der Waals surface area contributed by atoms with Gasteiger partial charge in [-0.3, -0.25) is 14.3 Å². The van der Waals surface area contributed by atoms with Crippen molar-refractivity contribution in [1.29, 1.82) is 0 Å². The average molecular weight is 301 g/mol. The van der Waals surface area contributed by atoms with E-state index in [0.29, 0.717) is 15.9 Å². The molecule has 0 aliphatic carbocycles. The maximum absolute atomic E-state index is 11.9. The van der Waals surface area contributed by atoms with E-state index >= 15 is 0 Å². The van der Waals surface area contributed by atoms with Crippen LogP contribution in [0.5, 0.6) is 0 Å². The molecule has 0 aromatic carbocycles. The van der Waals surface area contributed by atoms with Gasteiger partial charge in [0.2, 0.25) is 0 Å². The van der Waals surface area contributed by atoms with Gasteiger partial charge in [0.15, 0.2) is 15.9 Å². The predicted octanol–water partition coefficient (Wildman–Crippen LogP) is 1.16. The SMILES string of the molecule is CC[C@H](C)n1c(Br)nc2c1c(=O)[nH]c(=O)n2C. The summed E-state index contributed by atoms with van der Waals surface area (Å²) < 4.78 is 3.70. The maximum atomic E-state index is 11.9. The largest absolute Gasteiger partial charge is 0.329 e. The minimum Gasteiger partial charge on any atom is -0.310 e. The van der Waals surface area contributed by atoms with E-state index in [1.807, 2.05) is 13.8 Å². The monoisotopic (exact) mass is 300 g/mol. The third kappa shape index (κ3) is 1.74. The van der Waals surface area contributed by atoms with Gasteiger partial charge in [-0.15, -0.1) is 0 Å². The van der Waals surface area contributed by atoms with E-state index in [1.54, 1.807) is 11.6 Å². The van der Waals surface area contributed by atoms with Gasteiger partial charge < -0.3 is 4.57 Å². The van der Waals surface area contributed by atoms with E-state index in [0.717, 1.165) is 6.42 Å². The summed E-state index contributed by atoms with van der Waals surface area (Å²) in [6.45, 7) is 4.02. The Hall–Kier alpha value is -1.37. The summed E-state index contributed by atoms with van der Waals surface area (Å²) in [7, 11) is 1.58. The molecular formula is C10H13BrN4O2. The minimum atomic E-state index is -0.455. The Bertz CT molecular complexity index is 682. The maximum Gasteiger partial charge on any atom is 0.329 e. The second-order valence-electron chi connectivity index (χ2n) is 4.00. The number of aromatic amines is 1. The highest BCUT2D eigenvalue weighted by molar-refractivity contribution is 9.10. The number of imidazole rings is 1. The topological polar surface area (TPSA) is 72.7 Å². The first-order chi connectivity index (χ1) is 7.97. The van der Waals surface area contributed by atoms with Crippen LogP contribution in [0.1, 0.15) is 26.3 Å². The third-order valence-corrected chi connectivity index (χ3v) is 3.50. The highest BCUT2D eigenvalue weighted by Crippen LogP contribution is 2.22. The van der Waals surface area contributed by atoms with Crippen LogP contribution in [0.4, 0.5) is 0 Å². The Balaban J connectivity index is 2.97. The predicted molar refractivity (Wildman–Crippen MR) is 68.3 cm³/mol. The molecule has 2 heterocycles. The van der Waals surface area contributed by atoms with Crippen LogP contribution in [0.2, 0.25) is 0 Å². The van der Waals surface area contributed by atoms with Gasteiger partial charge in [0, 0.05) is 13.1 Å². The second kappa shape index (κ2) is 4.14. The molecule has 0 aliphatic heterocycles. The average Bonchev–Trinajstić information content (AvgIpc) is 2.63. The number of aromatic nitrogens is 4. The summed E-state index contributed by atoms with van der Waals surface area (Å²) in [6, 6.07) is 0.132. The summed E-state index contributed by atoms with van der Waals surface area (Å²) in [4.78, 5) is 29.8. The van der Waals surface area contributed by atoms with E-state index in [2.05, 4.69) is 25.9 Å². The van der Waals surface area contributed by atoms with Crippen molar-refractivity contribution in [3.8, 4) is 0 Å². The van der Waals surface area contributed by atoms with Crippen molar-refractivity contribution in [3.05, 3.63) is 25.6 Å². The fourth-order valence-corrected chi connectivity index (χ4v) is 2.45. The van der Waals surface area contributed by atoms with E-state index in [-0.39, 0.29) is 6.04 Å². The first kappa shape index (κ1) is 12.1. The molecule has 0 saturated heterocycles. The summed E-state index contributed by atoms with van der Waals surface area (Å²) in [5.74, 6) is 0. The van der Waals surface area contributed by atoms with Crippen LogP contribution >= 0.6 is 15.9 Å². The van der Waals surface area contributed by atoms with Gasteiger partial charge >= 0.3 is 5.69 Å². The normalized spacial score (nSPS) is 13.2. The van der Waals surface area contributed by atoms with Crippen LogP contribution in [0.25, 0.3) is 11.2 Å². The molecule has 1 atom stereocenters. The lowest BCUT2D eigenvalue weighted by Gasteiger charge is -2.12. The Morgan fingerprint density at radius 2 is 2.12 bits per heavy atom. The molecule has 6 nitrogen and oxygen atoms in total. The number of rotatable bonds is 2. The summed E-state index contributed by atoms with van der Waals surface area (Å²) in [5.41, 5.74) is -0.0374. The minimum absolute atomic E-state index is 0.132.